The van der Waals surface area contributed by atoms with Gasteiger partial charge in [0.05, 0.1) is 4.90 Å². The molecule has 10 heteroatoms. The van der Waals surface area contributed by atoms with Crippen LogP contribution in [0.3, 0.4) is 0 Å². The van der Waals surface area contributed by atoms with Crippen molar-refractivity contribution in [2.45, 2.75) is 38.5 Å². The van der Waals surface area contributed by atoms with Gasteiger partial charge in [0.1, 0.15) is 11.0 Å². The maximum Gasteiger partial charge on any atom is 0.265 e. The highest BCUT2D eigenvalue weighted by molar-refractivity contribution is 7.89. The maximum absolute atomic E-state index is 13.1. The first-order chi connectivity index (χ1) is 15.2. The van der Waals surface area contributed by atoms with E-state index in [0.29, 0.717) is 35.7 Å². The minimum absolute atomic E-state index is 0.158. The number of nitrogens with one attached hydrogen (secondary N) is 1. The van der Waals surface area contributed by atoms with Gasteiger partial charge in [0, 0.05) is 18.8 Å². The Bertz CT molecular complexity index is 1230. The zero-order valence-electron chi connectivity index (χ0n) is 18.4. The highest BCUT2D eigenvalue weighted by atomic mass is 32.2. The molecule has 2 aromatic carbocycles. The number of hydrogen-bond donors (Lipinski definition) is 1. The third-order valence-electron chi connectivity index (χ3n) is 5.47. The summed E-state index contributed by atoms with van der Waals surface area (Å²) in [4.78, 5) is 19.1. The Kier molecular flexibility index (Phi) is 6.16. The van der Waals surface area contributed by atoms with E-state index in [0.717, 1.165) is 28.8 Å². The molecule has 1 unspecified atom stereocenters. The average molecular weight is 458 g/mol. The summed E-state index contributed by atoms with van der Waals surface area (Å²) in [6, 6.07) is 10.4. The second-order valence-electron chi connectivity index (χ2n) is 8.42. The Morgan fingerprint density at radius 1 is 1.19 bits per heavy atom. The van der Waals surface area contributed by atoms with E-state index >= 15 is 0 Å². The standard InChI is InChI=1S/C22H27N5O4S/c1-15-5-4-8-26(13-15)32(29,30)19-6-7-20-21(12-19)27(25-24-20)31-14-22(28)23-18-10-16(2)9-17(3)11-18/h6-7,9-12,15H,4-5,8,13-14H2,1-3H3,(H,23,28). The number of aryl methyl sites for hydroxylation is 2. The smallest absolute Gasteiger partial charge is 0.265 e. The highest BCUT2D eigenvalue weighted by Gasteiger charge is 2.29. The van der Waals surface area contributed by atoms with Crippen molar-refractivity contribution < 1.29 is 18.0 Å². The molecule has 1 aromatic heterocycles. The molecule has 1 N–H and O–H groups in total. The number of carbonyl (C=O) groups excluding carboxylic acids is 1. The third-order valence-corrected chi connectivity index (χ3v) is 7.33. The van der Waals surface area contributed by atoms with Gasteiger partial charge in [-0.25, -0.2) is 8.42 Å². The second-order valence-corrected chi connectivity index (χ2v) is 10.4. The van der Waals surface area contributed by atoms with E-state index in [2.05, 4.69) is 22.6 Å². The van der Waals surface area contributed by atoms with E-state index in [-0.39, 0.29) is 17.4 Å². The zero-order valence-corrected chi connectivity index (χ0v) is 19.2. The summed E-state index contributed by atoms with van der Waals surface area (Å²) in [5.74, 6) is -0.0294. The molecular weight excluding hydrogens is 430 g/mol. The molecule has 0 radical (unpaired) electrons. The van der Waals surface area contributed by atoms with Crippen LogP contribution in [0.2, 0.25) is 0 Å². The predicted molar refractivity (Wildman–Crippen MR) is 121 cm³/mol. The molecule has 32 heavy (non-hydrogen) atoms. The topological polar surface area (TPSA) is 106 Å². The van der Waals surface area contributed by atoms with Gasteiger partial charge in [0.15, 0.2) is 6.61 Å². The Hall–Kier alpha value is -2.98. The molecule has 0 spiro atoms. The third kappa shape index (κ3) is 4.76. The number of anilines is 1. The van der Waals surface area contributed by atoms with E-state index in [4.69, 9.17) is 4.84 Å². The van der Waals surface area contributed by atoms with Crippen LogP contribution in [0.5, 0.6) is 0 Å². The predicted octanol–water partition coefficient (Wildman–Crippen LogP) is 2.54. The van der Waals surface area contributed by atoms with E-state index in [1.165, 1.54) is 16.4 Å². The van der Waals surface area contributed by atoms with Gasteiger partial charge in [0.25, 0.3) is 5.91 Å². The fraction of sp³-hybridized carbons (Fsp3) is 0.409. The summed E-state index contributed by atoms with van der Waals surface area (Å²) in [5.41, 5.74) is 3.63. The summed E-state index contributed by atoms with van der Waals surface area (Å²) < 4.78 is 27.7. The highest BCUT2D eigenvalue weighted by Crippen LogP contribution is 2.25. The molecule has 0 aliphatic carbocycles. The SMILES string of the molecule is Cc1cc(C)cc(NC(=O)COn2nnc3ccc(S(=O)(=O)N4CCCC(C)C4)cc32)c1. The number of hydrogen-bond acceptors (Lipinski definition) is 6. The Labute approximate surface area is 187 Å². The molecule has 4 rings (SSSR count). The fourth-order valence-electron chi connectivity index (χ4n) is 4.01. The summed E-state index contributed by atoms with van der Waals surface area (Å²) in [6.07, 6.45) is 1.88. The molecule has 1 aliphatic rings. The van der Waals surface area contributed by atoms with Gasteiger partial charge >= 0.3 is 0 Å². The minimum atomic E-state index is -3.63. The Balaban J connectivity index is 1.49. The number of fused-ring (bicyclic) bond motifs is 1. The molecule has 1 amide bonds. The summed E-state index contributed by atoms with van der Waals surface area (Å²) in [7, 11) is -3.63. The second kappa shape index (κ2) is 8.87. The molecule has 2 heterocycles. The van der Waals surface area contributed by atoms with Crippen LogP contribution < -0.4 is 10.2 Å². The average Bonchev–Trinajstić information content (AvgIpc) is 3.14. The van der Waals surface area contributed by atoms with Crippen LogP contribution in [-0.4, -0.2) is 53.5 Å². The molecule has 170 valence electrons. The molecule has 1 saturated heterocycles. The molecule has 0 bridgehead atoms. The van der Waals surface area contributed by atoms with Gasteiger partial charge in [-0.2, -0.15) is 4.31 Å². The van der Waals surface area contributed by atoms with Crippen LogP contribution in [0, 0.1) is 19.8 Å². The van der Waals surface area contributed by atoms with Gasteiger partial charge < -0.3 is 10.2 Å². The lowest BCUT2D eigenvalue weighted by atomic mass is 10.0. The molecule has 1 aliphatic heterocycles. The Morgan fingerprint density at radius 2 is 1.94 bits per heavy atom. The van der Waals surface area contributed by atoms with Crippen LogP contribution >= 0.6 is 0 Å². The number of piperidine rings is 1. The van der Waals surface area contributed by atoms with Crippen LogP contribution in [0.4, 0.5) is 5.69 Å². The Morgan fingerprint density at radius 3 is 2.66 bits per heavy atom. The van der Waals surface area contributed by atoms with Crippen molar-refractivity contribution in [2.24, 2.45) is 5.92 Å². The van der Waals surface area contributed by atoms with Crippen LogP contribution in [-0.2, 0) is 14.8 Å². The lowest BCUT2D eigenvalue weighted by Crippen LogP contribution is -2.39. The maximum atomic E-state index is 13.1. The normalized spacial score (nSPS) is 17.4. The van der Waals surface area contributed by atoms with Crippen molar-refractivity contribution in [3.63, 3.8) is 0 Å². The number of rotatable bonds is 6. The number of sulfonamides is 1. The minimum Gasteiger partial charge on any atom is -0.385 e. The first-order valence-corrected chi connectivity index (χ1v) is 12.0. The van der Waals surface area contributed by atoms with E-state index in [1.54, 1.807) is 6.07 Å². The number of nitrogens with zero attached hydrogens (tertiary/aromatic N) is 4. The van der Waals surface area contributed by atoms with Crippen molar-refractivity contribution in [3.05, 3.63) is 47.5 Å². The van der Waals surface area contributed by atoms with Crippen LogP contribution in [0.15, 0.2) is 41.3 Å². The summed E-state index contributed by atoms with van der Waals surface area (Å²) in [5, 5.41) is 10.7. The molecule has 9 nitrogen and oxygen atoms in total. The van der Waals surface area contributed by atoms with Crippen molar-refractivity contribution >= 4 is 32.7 Å². The van der Waals surface area contributed by atoms with Crippen molar-refractivity contribution in [2.75, 3.05) is 25.0 Å². The van der Waals surface area contributed by atoms with Gasteiger partial charge in [-0.3, -0.25) is 4.79 Å². The number of benzene rings is 2. The van der Waals surface area contributed by atoms with E-state index in [1.807, 2.05) is 32.0 Å². The van der Waals surface area contributed by atoms with Crippen LogP contribution in [0.25, 0.3) is 11.0 Å². The summed E-state index contributed by atoms with van der Waals surface area (Å²) in [6.45, 7) is 6.69. The molecular formula is C22H27N5O4S. The number of amides is 1. The van der Waals surface area contributed by atoms with Crippen molar-refractivity contribution in [1.82, 2.24) is 19.5 Å². The first kappa shape index (κ1) is 22.2. The number of aromatic nitrogens is 3. The zero-order chi connectivity index (χ0) is 22.9. The van der Waals surface area contributed by atoms with Crippen molar-refractivity contribution in [3.8, 4) is 0 Å². The van der Waals surface area contributed by atoms with Gasteiger partial charge in [-0.05, 0) is 79.3 Å². The summed E-state index contributed by atoms with van der Waals surface area (Å²) >= 11 is 0. The molecule has 0 saturated carbocycles. The first-order valence-electron chi connectivity index (χ1n) is 10.6. The monoisotopic (exact) mass is 457 g/mol. The van der Waals surface area contributed by atoms with Crippen molar-refractivity contribution in [1.29, 1.82) is 0 Å². The lowest BCUT2D eigenvalue weighted by Gasteiger charge is -2.30. The molecule has 1 atom stereocenters. The van der Waals surface area contributed by atoms with E-state index in [9.17, 15) is 13.2 Å². The fourth-order valence-corrected chi connectivity index (χ4v) is 5.63. The van der Waals surface area contributed by atoms with Gasteiger partial charge in [0.2, 0.25) is 10.0 Å². The number of carbonyl (C=O) groups is 1. The quantitative estimate of drug-likeness (QED) is 0.610. The van der Waals surface area contributed by atoms with Crippen LogP contribution in [0.1, 0.15) is 30.9 Å². The molecule has 3 aromatic rings. The van der Waals surface area contributed by atoms with Gasteiger partial charge in [-0.1, -0.05) is 17.8 Å². The lowest BCUT2D eigenvalue weighted by molar-refractivity contribution is -0.121. The van der Waals surface area contributed by atoms with Gasteiger partial charge in [-0.15, -0.1) is 5.10 Å². The largest absolute Gasteiger partial charge is 0.385 e. The van der Waals surface area contributed by atoms with E-state index < -0.39 is 10.0 Å². The molecule has 1 fully saturated rings.